The van der Waals surface area contributed by atoms with Gasteiger partial charge in [-0.3, -0.25) is 0 Å². The van der Waals surface area contributed by atoms with Gasteiger partial charge >= 0.3 is 6.30 Å². The molecule has 4 nitrogen and oxygen atoms in total. The van der Waals surface area contributed by atoms with Gasteiger partial charge in [0.15, 0.2) is 6.29 Å². The highest BCUT2D eigenvalue weighted by atomic mass is 19.4. The molecule has 2 heterocycles. The Labute approximate surface area is 103 Å². The fourth-order valence-corrected chi connectivity index (χ4v) is 1.58. The summed E-state index contributed by atoms with van der Waals surface area (Å²) >= 11 is 0. The van der Waals surface area contributed by atoms with Crippen molar-refractivity contribution in [3.05, 3.63) is 18.0 Å². The van der Waals surface area contributed by atoms with Gasteiger partial charge in [-0.15, -0.1) is 13.2 Å². The van der Waals surface area contributed by atoms with Gasteiger partial charge in [-0.1, -0.05) is 0 Å². The third-order valence-electron chi connectivity index (χ3n) is 3.39. The smallest absolute Gasteiger partial charge is 0.339 e. The second-order valence-electron chi connectivity index (χ2n) is 5.27. The summed E-state index contributed by atoms with van der Waals surface area (Å²) in [6, 6.07) is 0. The molecule has 1 aliphatic rings. The fraction of sp³-hybridized carbons (Fsp3) is 0.727. The molecule has 0 spiro atoms. The number of ether oxygens (including phenoxy) is 2. The van der Waals surface area contributed by atoms with Gasteiger partial charge in [0.1, 0.15) is 0 Å². The zero-order valence-corrected chi connectivity index (χ0v) is 10.6. The molecule has 1 fully saturated rings. The number of aromatic nitrogens is 2. The summed E-state index contributed by atoms with van der Waals surface area (Å²) in [5.41, 5.74) is -0.915. The predicted molar refractivity (Wildman–Crippen MR) is 56.6 cm³/mol. The van der Waals surface area contributed by atoms with Gasteiger partial charge in [0, 0.05) is 11.8 Å². The normalized spacial score (nSPS) is 23.5. The number of hydrogen-bond donors (Lipinski definition) is 0. The van der Waals surface area contributed by atoms with Crippen molar-refractivity contribution >= 4 is 0 Å². The van der Waals surface area contributed by atoms with E-state index in [0.717, 1.165) is 12.4 Å². The Morgan fingerprint density at radius 1 is 1.17 bits per heavy atom. The van der Waals surface area contributed by atoms with Gasteiger partial charge in [0.05, 0.1) is 17.4 Å². The number of nitrogens with zero attached hydrogens (tertiary/aromatic N) is 2. The van der Waals surface area contributed by atoms with Crippen LogP contribution in [0, 0.1) is 0 Å². The third kappa shape index (κ3) is 2.12. The number of hydrogen-bond acceptors (Lipinski definition) is 3. The summed E-state index contributed by atoms with van der Waals surface area (Å²) < 4.78 is 48.4. The number of rotatable bonds is 1. The molecule has 0 unspecified atom stereocenters. The molecular weight excluding hydrogens is 249 g/mol. The zero-order valence-electron chi connectivity index (χ0n) is 10.6. The van der Waals surface area contributed by atoms with Crippen LogP contribution in [0.4, 0.5) is 13.2 Å². The Balaban J connectivity index is 2.23. The van der Waals surface area contributed by atoms with E-state index < -0.39 is 23.8 Å². The summed E-state index contributed by atoms with van der Waals surface area (Å²) in [6.45, 7) is 7.34. The summed E-state index contributed by atoms with van der Waals surface area (Å²) in [6.07, 6.45) is -3.37. The van der Waals surface area contributed by atoms with Crippen LogP contribution in [0.25, 0.3) is 0 Å². The molecule has 0 saturated carbocycles. The van der Waals surface area contributed by atoms with E-state index in [1.165, 1.54) is 0 Å². The first-order valence-electron chi connectivity index (χ1n) is 5.50. The molecule has 1 aromatic heterocycles. The molecule has 0 aromatic carbocycles. The average molecular weight is 264 g/mol. The van der Waals surface area contributed by atoms with E-state index in [1.807, 2.05) is 27.7 Å². The van der Waals surface area contributed by atoms with Crippen LogP contribution in [0.15, 0.2) is 12.4 Å². The van der Waals surface area contributed by atoms with Gasteiger partial charge in [-0.25, -0.2) is 0 Å². The molecule has 18 heavy (non-hydrogen) atoms. The Morgan fingerprint density at radius 3 is 2.06 bits per heavy atom. The molecule has 0 radical (unpaired) electrons. The molecule has 2 rings (SSSR count). The molecule has 0 amide bonds. The van der Waals surface area contributed by atoms with E-state index in [1.54, 1.807) is 0 Å². The molecular formula is C11H15F3N2O2. The SMILES string of the molecule is CC1(C)OC(c2cnn(C(F)(F)F)c2)OC1(C)C. The fourth-order valence-electron chi connectivity index (χ4n) is 1.58. The van der Waals surface area contributed by atoms with E-state index in [4.69, 9.17) is 9.47 Å². The zero-order chi connectivity index (χ0) is 13.8. The van der Waals surface area contributed by atoms with E-state index in [2.05, 4.69) is 5.10 Å². The van der Waals surface area contributed by atoms with E-state index >= 15 is 0 Å². The number of alkyl halides is 3. The molecule has 0 bridgehead atoms. The Kier molecular flexibility index (Phi) is 2.75. The van der Waals surface area contributed by atoms with Gasteiger partial charge in [0.25, 0.3) is 0 Å². The van der Waals surface area contributed by atoms with Crippen molar-refractivity contribution in [3.8, 4) is 0 Å². The van der Waals surface area contributed by atoms with Gasteiger partial charge in [-0.2, -0.15) is 9.78 Å². The molecule has 1 aromatic rings. The summed E-state index contributed by atoms with van der Waals surface area (Å²) in [4.78, 5) is 0. The minimum atomic E-state index is -4.53. The van der Waals surface area contributed by atoms with E-state index in [9.17, 15) is 13.2 Å². The summed E-state index contributed by atoms with van der Waals surface area (Å²) in [7, 11) is 0. The first kappa shape index (κ1) is 13.4. The maximum absolute atomic E-state index is 12.4. The van der Waals surface area contributed by atoms with Gasteiger partial charge < -0.3 is 9.47 Å². The molecule has 0 N–H and O–H groups in total. The highest BCUT2D eigenvalue weighted by Crippen LogP contribution is 2.44. The number of halogens is 3. The molecule has 0 atom stereocenters. The van der Waals surface area contributed by atoms with Crippen molar-refractivity contribution in [2.45, 2.75) is 51.5 Å². The average Bonchev–Trinajstić information content (AvgIpc) is 2.69. The van der Waals surface area contributed by atoms with Crippen molar-refractivity contribution in [1.29, 1.82) is 0 Å². The molecule has 7 heteroatoms. The van der Waals surface area contributed by atoms with Crippen molar-refractivity contribution in [1.82, 2.24) is 9.78 Å². The largest absolute Gasteiger partial charge is 0.504 e. The van der Waals surface area contributed by atoms with Crippen LogP contribution in [-0.4, -0.2) is 21.0 Å². The third-order valence-corrected chi connectivity index (χ3v) is 3.39. The summed E-state index contributed by atoms with van der Waals surface area (Å²) in [5.74, 6) is 0. The van der Waals surface area contributed by atoms with Crippen LogP contribution < -0.4 is 0 Å². The quantitative estimate of drug-likeness (QED) is 0.782. The second kappa shape index (κ2) is 3.71. The standard InChI is InChI=1S/C11H15F3N2O2/c1-9(2)10(3,4)18-8(17-9)7-5-15-16(6-7)11(12,13)14/h5-6,8H,1-4H3. The van der Waals surface area contributed by atoms with E-state index in [0.29, 0.717) is 0 Å². The van der Waals surface area contributed by atoms with Crippen molar-refractivity contribution in [2.24, 2.45) is 0 Å². The van der Waals surface area contributed by atoms with Crippen LogP contribution in [-0.2, 0) is 15.8 Å². The molecule has 0 aliphatic carbocycles. The monoisotopic (exact) mass is 264 g/mol. The van der Waals surface area contributed by atoms with Crippen LogP contribution in [0.1, 0.15) is 39.5 Å². The van der Waals surface area contributed by atoms with Crippen LogP contribution in [0.2, 0.25) is 0 Å². The Hall–Kier alpha value is -1.08. The second-order valence-corrected chi connectivity index (χ2v) is 5.27. The summed E-state index contributed by atoms with van der Waals surface area (Å²) in [5, 5.41) is 3.26. The van der Waals surface area contributed by atoms with Crippen LogP contribution >= 0.6 is 0 Å². The van der Waals surface area contributed by atoms with Crippen molar-refractivity contribution in [3.63, 3.8) is 0 Å². The Morgan fingerprint density at radius 2 is 1.67 bits per heavy atom. The maximum atomic E-state index is 12.4. The molecule has 102 valence electrons. The first-order valence-corrected chi connectivity index (χ1v) is 5.50. The highest BCUT2D eigenvalue weighted by Gasteiger charge is 2.50. The highest BCUT2D eigenvalue weighted by molar-refractivity contribution is 5.10. The lowest BCUT2D eigenvalue weighted by molar-refractivity contribution is -0.212. The van der Waals surface area contributed by atoms with Gasteiger partial charge in [-0.05, 0) is 27.7 Å². The minimum absolute atomic E-state index is 0.0621. The van der Waals surface area contributed by atoms with Crippen molar-refractivity contribution < 1.29 is 22.6 Å². The predicted octanol–water partition coefficient (Wildman–Crippen LogP) is 2.96. The Bertz CT molecular complexity index is 435. The van der Waals surface area contributed by atoms with E-state index in [-0.39, 0.29) is 10.2 Å². The van der Waals surface area contributed by atoms with Gasteiger partial charge in [0.2, 0.25) is 0 Å². The molecule has 1 aliphatic heterocycles. The van der Waals surface area contributed by atoms with Crippen LogP contribution in [0.3, 0.4) is 0 Å². The van der Waals surface area contributed by atoms with Crippen molar-refractivity contribution in [2.75, 3.05) is 0 Å². The minimum Gasteiger partial charge on any atom is -0.339 e. The maximum Gasteiger partial charge on any atom is 0.504 e. The van der Waals surface area contributed by atoms with Crippen LogP contribution in [0.5, 0.6) is 0 Å². The molecule has 1 saturated heterocycles. The lowest BCUT2D eigenvalue weighted by Gasteiger charge is -2.30. The first-order chi connectivity index (χ1) is 8.03. The topological polar surface area (TPSA) is 36.3 Å². The lowest BCUT2D eigenvalue weighted by Crippen LogP contribution is -2.41. The lowest BCUT2D eigenvalue weighted by atomic mass is 9.90.